The highest BCUT2D eigenvalue weighted by Gasteiger charge is 2.38. The van der Waals surface area contributed by atoms with E-state index in [4.69, 9.17) is 4.99 Å². The number of benzene rings is 1. The molecule has 1 N–H and O–H groups in total. The van der Waals surface area contributed by atoms with Crippen molar-refractivity contribution < 1.29 is 0 Å². The van der Waals surface area contributed by atoms with Crippen LogP contribution < -0.4 is 5.32 Å². The molecule has 20 heavy (non-hydrogen) atoms. The van der Waals surface area contributed by atoms with Crippen molar-refractivity contribution in [2.75, 3.05) is 11.1 Å². The predicted molar refractivity (Wildman–Crippen MR) is 92.8 cm³/mol. The third-order valence-corrected chi connectivity index (χ3v) is 5.92. The van der Waals surface area contributed by atoms with Crippen molar-refractivity contribution in [3.05, 3.63) is 28.2 Å². The third-order valence-electron chi connectivity index (χ3n) is 4.31. The van der Waals surface area contributed by atoms with Crippen molar-refractivity contribution in [3.8, 4) is 0 Å². The van der Waals surface area contributed by atoms with Crippen LogP contribution in [0.3, 0.4) is 0 Å². The number of aliphatic imine (C=N–C) groups is 1. The van der Waals surface area contributed by atoms with Crippen LogP contribution >= 0.6 is 27.7 Å². The fourth-order valence-electron chi connectivity index (χ4n) is 3.03. The first-order valence-corrected chi connectivity index (χ1v) is 9.09. The lowest BCUT2D eigenvalue weighted by Crippen LogP contribution is -2.32. The van der Waals surface area contributed by atoms with E-state index in [-0.39, 0.29) is 5.54 Å². The third kappa shape index (κ3) is 3.22. The summed E-state index contributed by atoms with van der Waals surface area (Å²) in [5.41, 5.74) is 2.61. The molecule has 3 rings (SSSR count). The maximum absolute atomic E-state index is 5.02. The summed E-state index contributed by atoms with van der Waals surface area (Å²) in [6, 6.07) is 6.41. The van der Waals surface area contributed by atoms with Gasteiger partial charge in [0.15, 0.2) is 5.17 Å². The van der Waals surface area contributed by atoms with Gasteiger partial charge in [-0.15, -0.1) is 0 Å². The molecule has 1 aromatic carbocycles. The maximum Gasteiger partial charge on any atom is 0.161 e. The zero-order valence-corrected chi connectivity index (χ0v) is 14.5. The molecule has 1 aromatic rings. The average Bonchev–Trinajstić information content (AvgIpc) is 2.75. The molecular weight excluding hydrogens is 332 g/mol. The second-order valence-electron chi connectivity index (χ2n) is 6.25. The summed E-state index contributed by atoms with van der Waals surface area (Å²) in [6.45, 7) is 4.48. The van der Waals surface area contributed by atoms with Gasteiger partial charge in [-0.05, 0) is 62.3 Å². The zero-order valence-electron chi connectivity index (χ0n) is 12.1. The van der Waals surface area contributed by atoms with Gasteiger partial charge in [0, 0.05) is 15.9 Å². The summed E-state index contributed by atoms with van der Waals surface area (Å²) < 4.78 is 1.12. The van der Waals surface area contributed by atoms with Crippen LogP contribution in [0, 0.1) is 12.8 Å². The van der Waals surface area contributed by atoms with Crippen LogP contribution in [0.2, 0.25) is 0 Å². The van der Waals surface area contributed by atoms with Crippen LogP contribution in [-0.2, 0) is 0 Å². The molecule has 1 saturated carbocycles. The Balaban J connectivity index is 1.72. The molecular formula is C16H21BrN2S. The normalized spacial score (nSPS) is 29.6. The van der Waals surface area contributed by atoms with Gasteiger partial charge in [-0.2, -0.15) is 0 Å². The molecule has 0 saturated heterocycles. The highest BCUT2D eigenvalue weighted by molar-refractivity contribution is 9.10. The Hall–Kier alpha value is -0.480. The summed E-state index contributed by atoms with van der Waals surface area (Å²) in [5, 5.41) is 4.58. The number of hydrogen-bond donors (Lipinski definition) is 1. The van der Waals surface area contributed by atoms with Crippen LogP contribution in [0.4, 0.5) is 5.69 Å². The van der Waals surface area contributed by atoms with Gasteiger partial charge < -0.3 is 5.32 Å². The van der Waals surface area contributed by atoms with E-state index in [0.717, 1.165) is 27.0 Å². The van der Waals surface area contributed by atoms with Crippen molar-refractivity contribution in [2.45, 2.75) is 45.1 Å². The van der Waals surface area contributed by atoms with Crippen molar-refractivity contribution in [1.29, 1.82) is 0 Å². The Kier molecular flexibility index (Phi) is 4.14. The number of aryl methyl sites for hydroxylation is 1. The molecule has 1 heterocycles. The number of rotatable bonds is 1. The van der Waals surface area contributed by atoms with Gasteiger partial charge in [-0.1, -0.05) is 34.6 Å². The lowest BCUT2D eigenvalue weighted by Gasteiger charge is -2.32. The summed E-state index contributed by atoms with van der Waals surface area (Å²) in [4.78, 5) is 5.02. The second kappa shape index (κ2) is 5.72. The molecule has 1 aliphatic carbocycles. The fourth-order valence-corrected chi connectivity index (χ4v) is 4.85. The number of anilines is 1. The molecule has 2 aliphatic rings. The number of amidine groups is 1. The molecule has 2 nitrogen and oxygen atoms in total. The van der Waals surface area contributed by atoms with E-state index in [1.165, 1.54) is 31.2 Å². The van der Waals surface area contributed by atoms with Gasteiger partial charge in [0.25, 0.3) is 0 Å². The Morgan fingerprint density at radius 2 is 2.05 bits per heavy atom. The van der Waals surface area contributed by atoms with E-state index < -0.39 is 0 Å². The average molecular weight is 353 g/mol. The maximum atomic E-state index is 5.02. The SMILES string of the molecule is Cc1cc(Br)cc(NC2=NC3(CCC(C)CC3)CS2)c1. The second-order valence-corrected chi connectivity index (χ2v) is 8.13. The number of halogens is 1. The van der Waals surface area contributed by atoms with Gasteiger partial charge in [-0.3, -0.25) is 4.99 Å². The van der Waals surface area contributed by atoms with E-state index in [1.807, 2.05) is 11.8 Å². The minimum absolute atomic E-state index is 0.223. The summed E-state index contributed by atoms with van der Waals surface area (Å²) >= 11 is 5.43. The van der Waals surface area contributed by atoms with E-state index in [9.17, 15) is 0 Å². The topological polar surface area (TPSA) is 24.4 Å². The van der Waals surface area contributed by atoms with Crippen molar-refractivity contribution in [1.82, 2.24) is 0 Å². The quantitative estimate of drug-likeness (QED) is 0.748. The van der Waals surface area contributed by atoms with Crippen LogP contribution in [0.1, 0.15) is 38.2 Å². The van der Waals surface area contributed by atoms with Crippen molar-refractivity contribution in [3.63, 3.8) is 0 Å². The monoisotopic (exact) mass is 352 g/mol. The summed E-state index contributed by atoms with van der Waals surface area (Å²) in [5.74, 6) is 2.03. The number of hydrogen-bond acceptors (Lipinski definition) is 3. The number of thioether (sulfide) groups is 1. The van der Waals surface area contributed by atoms with E-state index in [1.54, 1.807) is 0 Å². The number of nitrogens with zero attached hydrogens (tertiary/aromatic N) is 1. The molecule has 1 spiro atoms. The van der Waals surface area contributed by atoms with E-state index in [0.29, 0.717) is 0 Å². The Bertz CT molecular complexity index is 513. The van der Waals surface area contributed by atoms with Gasteiger partial charge in [0.1, 0.15) is 0 Å². The molecule has 0 unspecified atom stereocenters. The van der Waals surface area contributed by atoms with Crippen LogP contribution in [-0.4, -0.2) is 16.5 Å². The van der Waals surface area contributed by atoms with Gasteiger partial charge in [0.05, 0.1) is 5.54 Å². The fraction of sp³-hybridized carbons (Fsp3) is 0.562. The Labute approximate surface area is 134 Å². The minimum atomic E-state index is 0.223. The lowest BCUT2D eigenvalue weighted by atomic mass is 9.79. The smallest absolute Gasteiger partial charge is 0.161 e. The first-order chi connectivity index (χ1) is 9.55. The van der Waals surface area contributed by atoms with Crippen LogP contribution in [0.5, 0.6) is 0 Å². The first-order valence-electron chi connectivity index (χ1n) is 7.32. The van der Waals surface area contributed by atoms with Crippen molar-refractivity contribution in [2.24, 2.45) is 10.9 Å². The zero-order chi connectivity index (χ0) is 14.2. The van der Waals surface area contributed by atoms with Crippen LogP contribution in [0.25, 0.3) is 0 Å². The number of nitrogens with one attached hydrogen (secondary N) is 1. The Morgan fingerprint density at radius 1 is 1.30 bits per heavy atom. The van der Waals surface area contributed by atoms with Gasteiger partial charge in [-0.25, -0.2) is 0 Å². The highest BCUT2D eigenvalue weighted by Crippen LogP contribution is 2.41. The van der Waals surface area contributed by atoms with E-state index >= 15 is 0 Å². The molecule has 0 amide bonds. The molecule has 1 aliphatic heterocycles. The Morgan fingerprint density at radius 3 is 2.75 bits per heavy atom. The summed E-state index contributed by atoms with van der Waals surface area (Å²) in [6.07, 6.45) is 5.16. The first kappa shape index (κ1) is 14.5. The molecule has 0 atom stereocenters. The predicted octanol–water partition coefficient (Wildman–Crippen LogP) is 5.22. The summed E-state index contributed by atoms with van der Waals surface area (Å²) in [7, 11) is 0. The highest BCUT2D eigenvalue weighted by atomic mass is 79.9. The molecule has 1 fully saturated rings. The molecule has 0 radical (unpaired) electrons. The molecule has 4 heteroatoms. The molecule has 0 aromatic heterocycles. The molecule has 108 valence electrons. The largest absolute Gasteiger partial charge is 0.335 e. The lowest BCUT2D eigenvalue weighted by molar-refractivity contribution is 0.273. The van der Waals surface area contributed by atoms with Gasteiger partial charge in [0.2, 0.25) is 0 Å². The van der Waals surface area contributed by atoms with Gasteiger partial charge >= 0.3 is 0 Å². The molecule has 0 bridgehead atoms. The van der Waals surface area contributed by atoms with E-state index in [2.05, 4.69) is 53.3 Å². The minimum Gasteiger partial charge on any atom is -0.335 e. The standard InChI is InChI=1S/C16H21BrN2S/c1-11-3-5-16(6-4-11)10-20-15(19-16)18-14-8-12(2)7-13(17)9-14/h7-9,11H,3-6,10H2,1-2H3,(H,18,19). The van der Waals surface area contributed by atoms with Crippen molar-refractivity contribution >= 4 is 38.5 Å². The van der Waals surface area contributed by atoms with Crippen LogP contribution in [0.15, 0.2) is 27.7 Å².